The molecule has 2 atom stereocenters. The van der Waals surface area contributed by atoms with Gasteiger partial charge < -0.3 is 20.5 Å². The van der Waals surface area contributed by atoms with Crippen molar-refractivity contribution in [3.8, 4) is 0 Å². The number of piperazine rings is 1. The third kappa shape index (κ3) is 6.33. The second kappa shape index (κ2) is 12.6. The van der Waals surface area contributed by atoms with Crippen molar-refractivity contribution in [1.29, 1.82) is 0 Å². The largest absolute Gasteiger partial charge is 0.349 e. The van der Waals surface area contributed by atoms with E-state index in [0.717, 1.165) is 38.4 Å². The Kier molecular flexibility index (Phi) is 8.65. The fourth-order valence-electron chi connectivity index (χ4n) is 5.20. The quantitative estimate of drug-likeness (QED) is 0.142. The van der Waals surface area contributed by atoms with Crippen molar-refractivity contribution in [2.24, 2.45) is 11.1 Å². The van der Waals surface area contributed by atoms with Crippen LogP contribution in [0.2, 0.25) is 0 Å². The Morgan fingerprint density at radius 3 is 2.93 bits per heavy atom. The van der Waals surface area contributed by atoms with Crippen LogP contribution in [0.25, 0.3) is 10.1 Å². The van der Waals surface area contributed by atoms with Crippen LogP contribution in [-0.2, 0) is 39.3 Å². The number of thiazole rings is 1. The van der Waals surface area contributed by atoms with Crippen molar-refractivity contribution >= 4 is 60.8 Å². The number of nitrogens with two attached hydrogens (primary N) is 1. The van der Waals surface area contributed by atoms with Gasteiger partial charge in [0.1, 0.15) is 4.21 Å². The molecule has 2 aliphatic heterocycles. The number of oxime groups is 1. The average Bonchev–Trinajstić information content (AvgIpc) is 3.78. The summed E-state index contributed by atoms with van der Waals surface area (Å²) >= 11 is 2.48. The number of hydrogen-bond acceptors (Lipinski definition) is 14. The summed E-state index contributed by atoms with van der Waals surface area (Å²) in [5, 5.41) is 24.2. The van der Waals surface area contributed by atoms with E-state index >= 15 is 0 Å². The Hall–Kier alpha value is -3.88. The van der Waals surface area contributed by atoms with Gasteiger partial charge in [0.25, 0.3) is 15.9 Å². The molecule has 0 radical (unpaired) electrons. The number of H-pyrrole nitrogens is 1. The van der Waals surface area contributed by atoms with Crippen molar-refractivity contribution < 1.29 is 22.9 Å². The first-order chi connectivity index (χ1) is 21.2. The molecule has 2 unspecified atom stereocenters. The van der Waals surface area contributed by atoms with Crippen LogP contribution in [0.5, 0.6) is 0 Å². The number of rotatable bonds is 9. The first kappa shape index (κ1) is 30.2. The van der Waals surface area contributed by atoms with E-state index in [4.69, 9.17) is 5.90 Å². The lowest BCUT2D eigenvalue weighted by atomic mass is 10.1. The van der Waals surface area contributed by atoms with E-state index < -0.39 is 16.1 Å². The highest BCUT2D eigenvalue weighted by atomic mass is 32.2. The van der Waals surface area contributed by atoms with Gasteiger partial charge in [0.05, 0.1) is 24.5 Å². The summed E-state index contributed by atoms with van der Waals surface area (Å²) in [6, 6.07) is 6.49. The minimum Gasteiger partial charge on any atom is -0.349 e. The van der Waals surface area contributed by atoms with E-state index in [1.165, 1.54) is 21.9 Å². The van der Waals surface area contributed by atoms with Crippen LogP contribution >= 0.6 is 22.7 Å². The number of fused-ring (bicyclic) bond motifs is 2. The Morgan fingerprint density at radius 2 is 2.14 bits per heavy atom. The molecule has 1 fully saturated rings. The van der Waals surface area contributed by atoms with Gasteiger partial charge >= 0.3 is 0 Å². The SMILES string of the molecule is CC1Cc2nc(C(=O)N3CCN(S(=O)(=O)c4cc5cc(/C=N/ON)ccc5s4)CC3CC(=O)NCc3nn[nH]n3)sc2CN1. The number of carbonyl (C=O) groups is 2. The maximum absolute atomic E-state index is 13.9. The van der Waals surface area contributed by atoms with E-state index in [1.807, 2.05) is 0 Å². The smallest absolute Gasteiger partial charge is 0.283 e. The van der Waals surface area contributed by atoms with Gasteiger partial charge in [0, 0.05) is 54.6 Å². The fourth-order valence-corrected chi connectivity index (χ4v) is 9.19. The molecule has 2 amide bonds. The topological polar surface area (TPSA) is 214 Å². The fraction of sp³-hybridized carbons (Fsp3) is 0.400. The van der Waals surface area contributed by atoms with Crippen LogP contribution in [0, 0.1) is 0 Å². The van der Waals surface area contributed by atoms with Gasteiger partial charge in [-0.2, -0.15) is 9.52 Å². The summed E-state index contributed by atoms with van der Waals surface area (Å²) in [5.74, 6) is 4.55. The van der Waals surface area contributed by atoms with Crippen LogP contribution in [0.3, 0.4) is 0 Å². The molecule has 5 heterocycles. The monoisotopic (exact) mass is 659 g/mol. The number of nitrogens with one attached hydrogen (secondary N) is 3. The minimum atomic E-state index is -3.94. The minimum absolute atomic E-state index is 0.0360. The number of nitrogens with zero attached hydrogens (tertiary/aromatic N) is 7. The molecular weight excluding hydrogens is 631 g/mol. The van der Waals surface area contributed by atoms with Gasteiger partial charge in [0.2, 0.25) is 5.91 Å². The van der Waals surface area contributed by atoms with Gasteiger partial charge in [-0.3, -0.25) is 9.59 Å². The second-order valence-corrected chi connectivity index (χ2v) is 14.7. The lowest BCUT2D eigenvalue weighted by Gasteiger charge is -2.40. The molecule has 6 rings (SSSR count). The Bertz CT molecular complexity index is 1800. The summed E-state index contributed by atoms with van der Waals surface area (Å²) in [6.45, 7) is 2.84. The van der Waals surface area contributed by atoms with Crippen molar-refractivity contribution in [3.63, 3.8) is 0 Å². The molecule has 232 valence electrons. The molecular formula is C25H29N11O5S3. The van der Waals surface area contributed by atoms with Crippen molar-refractivity contribution in [1.82, 2.24) is 45.4 Å². The van der Waals surface area contributed by atoms with Crippen molar-refractivity contribution in [3.05, 3.63) is 51.2 Å². The molecule has 0 spiro atoms. The maximum Gasteiger partial charge on any atom is 0.283 e. The third-order valence-electron chi connectivity index (χ3n) is 7.41. The number of carbonyl (C=O) groups excluding carboxylic acids is 2. The number of tetrazole rings is 1. The zero-order valence-corrected chi connectivity index (χ0v) is 25.9. The zero-order chi connectivity index (χ0) is 30.8. The van der Waals surface area contributed by atoms with Crippen LogP contribution in [0.4, 0.5) is 0 Å². The van der Waals surface area contributed by atoms with Gasteiger partial charge in [0.15, 0.2) is 10.8 Å². The molecule has 0 saturated carbocycles. The van der Waals surface area contributed by atoms with E-state index in [2.05, 4.69) is 53.3 Å². The highest BCUT2D eigenvalue weighted by molar-refractivity contribution is 7.91. The highest BCUT2D eigenvalue weighted by Gasteiger charge is 2.39. The molecule has 19 heteroatoms. The number of sulfonamides is 1. The summed E-state index contributed by atoms with van der Waals surface area (Å²) in [5.41, 5.74) is 1.59. The molecule has 3 aromatic heterocycles. The first-order valence-corrected chi connectivity index (χ1v) is 16.7. The molecule has 1 aromatic carbocycles. The van der Waals surface area contributed by atoms with E-state index in [-0.39, 0.29) is 54.7 Å². The van der Waals surface area contributed by atoms with E-state index in [9.17, 15) is 18.0 Å². The van der Waals surface area contributed by atoms with Crippen LogP contribution < -0.4 is 16.5 Å². The maximum atomic E-state index is 13.9. The van der Waals surface area contributed by atoms with Gasteiger partial charge in [-0.05, 0) is 36.1 Å². The molecule has 44 heavy (non-hydrogen) atoms. The van der Waals surface area contributed by atoms with Crippen molar-refractivity contribution in [2.45, 2.75) is 49.1 Å². The predicted octanol–water partition coefficient (Wildman–Crippen LogP) is 0.351. The van der Waals surface area contributed by atoms with Crippen molar-refractivity contribution in [2.75, 3.05) is 19.6 Å². The molecule has 0 aliphatic carbocycles. The number of hydrogen-bond donors (Lipinski definition) is 4. The summed E-state index contributed by atoms with van der Waals surface area (Å²) in [6.07, 6.45) is 2.01. The Labute approximate surface area is 259 Å². The number of aromatic amines is 1. The van der Waals surface area contributed by atoms with E-state index in [1.54, 1.807) is 29.2 Å². The van der Waals surface area contributed by atoms with Crippen LogP contribution in [0.15, 0.2) is 33.6 Å². The first-order valence-electron chi connectivity index (χ1n) is 13.7. The number of benzene rings is 1. The molecule has 0 bridgehead atoms. The number of amides is 2. The van der Waals surface area contributed by atoms with Gasteiger partial charge in [-0.15, -0.1) is 38.8 Å². The lowest BCUT2D eigenvalue weighted by molar-refractivity contribution is -0.122. The second-order valence-electron chi connectivity index (χ2n) is 10.4. The summed E-state index contributed by atoms with van der Waals surface area (Å²) in [4.78, 5) is 38.2. The molecule has 4 aromatic rings. The normalized spacial score (nSPS) is 19.4. The van der Waals surface area contributed by atoms with Gasteiger partial charge in [-0.1, -0.05) is 16.4 Å². The van der Waals surface area contributed by atoms with Crippen LogP contribution in [-0.4, -0.2) is 93.0 Å². The average molecular weight is 660 g/mol. The number of thiophene rings is 1. The molecule has 5 N–H and O–H groups in total. The Morgan fingerprint density at radius 1 is 1.27 bits per heavy atom. The molecule has 1 saturated heterocycles. The molecule has 2 aliphatic rings. The predicted molar refractivity (Wildman–Crippen MR) is 161 cm³/mol. The third-order valence-corrected chi connectivity index (χ3v) is 11.9. The van der Waals surface area contributed by atoms with Gasteiger partial charge in [-0.25, -0.2) is 13.4 Å². The number of aromatic nitrogens is 5. The standard InChI is InChI=1S/C25H29N11O5S3/c1-14-6-18-20(11-27-14)43-24(30-18)25(38)36-5-4-35(13-17(36)9-22(37)28-12-21-31-33-34-32-21)44(39,40)23-8-16-7-15(10-29-41-26)2-3-19(16)42-23/h2-3,7-8,10,14,17,27H,4-6,9,11-13,26H2,1H3,(H,28,37)(H,31,32,33,34)/b29-10+. The van der Waals surface area contributed by atoms with Crippen LogP contribution in [0.1, 0.15) is 45.1 Å². The summed E-state index contributed by atoms with van der Waals surface area (Å²) < 4.78 is 30.0. The highest BCUT2D eigenvalue weighted by Crippen LogP contribution is 2.33. The Balaban J connectivity index is 1.24. The zero-order valence-electron chi connectivity index (χ0n) is 23.5. The van der Waals surface area contributed by atoms with E-state index in [0.29, 0.717) is 22.9 Å². The summed E-state index contributed by atoms with van der Waals surface area (Å²) in [7, 11) is -3.94. The molecule has 16 nitrogen and oxygen atoms in total. The lowest BCUT2D eigenvalue weighted by Crippen LogP contribution is -2.57.